The van der Waals surface area contributed by atoms with Crippen LogP contribution in [0.5, 0.6) is 5.75 Å². The summed E-state index contributed by atoms with van der Waals surface area (Å²) >= 11 is 0. The molecular formula is C15H27N5O. The van der Waals surface area contributed by atoms with Gasteiger partial charge in [-0.15, -0.1) is 0 Å². The molecule has 21 heavy (non-hydrogen) atoms. The molecule has 1 fully saturated rings. The second-order valence-corrected chi connectivity index (χ2v) is 5.41. The zero-order valence-corrected chi connectivity index (χ0v) is 12.6. The minimum Gasteiger partial charge on any atom is -0.508 e. The summed E-state index contributed by atoms with van der Waals surface area (Å²) < 4.78 is 0. The third-order valence-electron chi connectivity index (χ3n) is 3.66. The zero-order chi connectivity index (χ0) is 14.9. The zero-order valence-electron chi connectivity index (χ0n) is 12.6. The predicted molar refractivity (Wildman–Crippen MR) is 86.4 cm³/mol. The van der Waals surface area contributed by atoms with Crippen LogP contribution in [0.1, 0.15) is 5.56 Å². The summed E-state index contributed by atoms with van der Waals surface area (Å²) in [5.41, 5.74) is 7.40. The van der Waals surface area contributed by atoms with Crippen LogP contribution in [0.15, 0.2) is 18.2 Å². The monoisotopic (exact) mass is 293 g/mol. The van der Waals surface area contributed by atoms with E-state index < -0.39 is 0 Å². The summed E-state index contributed by atoms with van der Waals surface area (Å²) in [7, 11) is 0. The predicted octanol–water partition coefficient (Wildman–Crippen LogP) is -0.441. The molecule has 0 atom stereocenters. The topological polar surface area (TPSA) is 85.6 Å². The third kappa shape index (κ3) is 5.89. The fourth-order valence-corrected chi connectivity index (χ4v) is 2.45. The van der Waals surface area contributed by atoms with Gasteiger partial charge >= 0.3 is 0 Å². The van der Waals surface area contributed by atoms with Crippen LogP contribution < -0.4 is 21.7 Å². The number of anilines is 1. The molecule has 6 nitrogen and oxygen atoms in total. The lowest BCUT2D eigenvalue weighted by atomic mass is 10.1. The number of phenols is 1. The maximum Gasteiger partial charge on any atom is 0.120 e. The smallest absolute Gasteiger partial charge is 0.120 e. The molecule has 118 valence electrons. The van der Waals surface area contributed by atoms with Crippen LogP contribution >= 0.6 is 0 Å². The van der Waals surface area contributed by atoms with E-state index in [0.29, 0.717) is 11.4 Å². The number of nitrogen functional groups attached to an aromatic ring is 1. The van der Waals surface area contributed by atoms with Crippen molar-refractivity contribution < 1.29 is 5.11 Å². The molecule has 1 saturated heterocycles. The number of nitrogens with zero attached hydrogens (tertiary/aromatic N) is 1. The van der Waals surface area contributed by atoms with E-state index in [4.69, 9.17) is 5.73 Å². The van der Waals surface area contributed by atoms with Crippen LogP contribution in [0.2, 0.25) is 0 Å². The van der Waals surface area contributed by atoms with Crippen molar-refractivity contribution in [2.75, 3.05) is 58.1 Å². The quantitative estimate of drug-likeness (QED) is 0.375. The summed E-state index contributed by atoms with van der Waals surface area (Å²) in [6, 6.07) is 5.25. The Labute approximate surface area is 126 Å². The molecule has 6 heteroatoms. The van der Waals surface area contributed by atoms with Crippen LogP contribution in [0.4, 0.5) is 5.69 Å². The summed E-state index contributed by atoms with van der Waals surface area (Å²) in [4.78, 5) is 2.34. The van der Waals surface area contributed by atoms with Crippen LogP contribution in [0, 0.1) is 0 Å². The number of hydrogen-bond acceptors (Lipinski definition) is 6. The summed E-state index contributed by atoms with van der Waals surface area (Å²) in [6.07, 6.45) is 0. The molecule has 0 aromatic heterocycles. The van der Waals surface area contributed by atoms with E-state index in [9.17, 15) is 5.11 Å². The first-order valence-electron chi connectivity index (χ1n) is 7.67. The van der Waals surface area contributed by atoms with Crippen molar-refractivity contribution in [2.24, 2.45) is 0 Å². The van der Waals surface area contributed by atoms with Crippen molar-refractivity contribution in [1.29, 1.82) is 0 Å². The molecular weight excluding hydrogens is 266 g/mol. The van der Waals surface area contributed by atoms with Gasteiger partial charge in [0.2, 0.25) is 0 Å². The Hall–Kier alpha value is -1.34. The van der Waals surface area contributed by atoms with Gasteiger partial charge in [0.15, 0.2) is 0 Å². The highest BCUT2D eigenvalue weighted by Gasteiger charge is 2.09. The Morgan fingerprint density at radius 1 is 0.952 bits per heavy atom. The van der Waals surface area contributed by atoms with E-state index in [1.807, 2.05) is 6.07 Å². The number of nitrogens with one attached hydrogen (secondary N) is 3. The molecule has 2 rings (SSSR count). The van der Waals surface area contributed by atoms with E-state index in [-0.39, 0.29) is 0 Å². The average molecular weight is 293 g/mol. The Balaban J connectivity index is 1.92. The molecule has 1 aromatic carbocycles. The highest BCUT2D eigenvalue weighted by Crippen LogP contribution is 2.21. The van der Waals surface area contributed by atoms with Gasteiger partial charge in [-0.25, -0.2) is 0 Å². The van der Waals surface area contributed by atoms with Crippen molar-refractivity contribution >= 4 is 5.69 Å². The van der Waals surface area contributed by atoms with Crippen molar-refractivity contribution in [2.45, 2.75) is 6.54 Å². The van der Waals surface area contributed by atoms with E-state index in [1.54, 1.807) is 12.1 Å². The Bertz CT molecular complexity index is 415. The van der Waals surface area contributed by atoms with Crippen molar-refractivity contribution in [3.8, 4) is 5.75 Å². The number of rotatable bonds is 2. The average Bonchev–Trinajstić information content (AvgIpc) is 2.45. The first kappa shape index (κ1) is 16.0. The highest BCUT2D eigenvalue weighted by atomic mass is 16.3. The SMILES string of the molecule is Nc1ccc(O)c(CN2CCNCCNCCNCC2)c1. The number of aromatic hydroxyl groups is 1. The molecule has 1 heterocycles. The molecule has 0 bridgehead atoms. The number of benzene rings is 1. The standard InChI is InChI=1S/C15H27N5O/c16-14-1-2-15(21)13(11-14)12-20-9-7-18-5-3-17-4-6-19-8-10-20/h1-2,11,17-19,21H,3-10,12,16H2. The molecule has 0 saturated carbocycles. The Morgan fingerprint density at radius 3 is 2.14 bits per heavy atom. The largest absolute Gasteiger partial charge is 0.508 e. The molecule has 6 N–H and O–H groups in total. The van der Waals surface area contributed by atoms with Gasteiger partial charge in [-0.3, -0.25) is 4.90 Å². The van der Waals surface area contributed by atoms with Gasteiger partial charge < -0.3 is 26.8 Å². The first-order valence-corrected chi connectivity index (χ1v) is 7.67. The van der Waals surface area contributed by atoms with Gasteiger partial charge in [0.25, 0.3) is 0 Å². The molecule has 0 aliphatic carbocycles. The Morgan fingerprint density at radius 2 is 1.52 bits per heavy atom. The lowest BCUT2D eigenvalue weighted by Crippen LogP contribution is -2.41. The molecule has 0 radical (unpaired) electrons. The fraction of sp³-hybridized carbons (Fsp3) is 0.600. The maximum atomic E-state index is 9.95. The molecule has 0 unspecified atom stereocenters. The van der Waals surface area contributed by atoms with Crippen LogP contribution in [0.3, 0.4) is 0 Å². The normalized spacial score (nSPS) is 19.6. The lowest BCUT2D eigenvalue weighted by molar-refractivity contribution is 0.259. The summed E-state index contributed by atoms with van der Waals surface area (Å²) in [5, 5.41) is 20.2. The van der Waals surface area contributed by atoms with Gasteiger partial charge in [0, 0.05) is 70.2 Å². The maximum absolute atomic E-state index is 9.95. The number of phenolic OH excluding ortho intramolecular Hbond substituents is 1. The molecule has 1 aromatic rings. The Kier molecular flexibility index (Phi) is 6.75. The molecule has 1 aliphatic heterocycles. The van der Waals surface area contributed by atoms with Gasteiger partial charge in [0.05, 0.1) is 0 Å². The highest BCUT2D eigenvalue weighted by molar-refractivity contribution is 5.47. The number of hydrogen-bond donors (Lipinski definition) is 5. The van der Waals surface area contributed by atoms with Crippen molar-refractivity contribution in [1.82, 2.24) is 20.9 Å². The van der Waals surface area contributed by atoms with Gasteiger partial charge in [-0.2, -0.15) is 0 Å². The van der Waals surface area contributed by atoms with E-state index >= 15 is 0 Å². The number of nitrogens with two attached hydrogens (primary N) is 1. The minimum absolute atomic E-state index is 0.320. The van der Waals surface area contributed by atoms with Gasteiger partial charge in [0.1, 0.15) is 5.75 Å². The molecule has 0 amide bonds. The third-order valence-corrected chi connectivity index (χ3v) is 3.66. The van der Waals surface area contributed by atoms with Crippen molar-refractivity contribution in [3.63, 3.8) is 0 Å². The molecule has 1 aliphatic rings. The second kappa shape index (κ2) is 8.84. The molecule has 0 spiro atoms. The minimum atomic E-state index is 0.320. The van der Waals surface area contributed by atoms with E-state index in [0.717, 1.165) is 64.5 Å². The second-order valence-electron chi connectivity index (χ2n) is 5.41. The van der Waals surface area contributed by atoms with Gasteiger partial charge in [-0.05, 0) is 18.2 Å². The van der Waals surface area contributed by atoms with Crippen LogP contribution in [0.25, 0.3) is 0 Å². The fourth-order valence-electron chi connectivity index (χ4n) is 2.45. The first-order chi connectivity index (χ1) is 10.3. The summed E-state index contributed by atoms with van der Waals surface area (Å²) in [6.45, 7) is 8.49. The van der Waals surface area contributed by atoms with E-state index in [2.05, 4.69) is 20.9 Å². The summed E-state index contributed by atoms with van der Waals surface area (Å²) in [5.74, 6) is 0.320. The van der Waals surface area contributed by atoms with Gasteiger partial charge in [-0.1, -0.05) is 0 Å². The van der Waals surface area contributed by atoms with Crippen LogP contribution in [-0.4, -0.2) is 62.4 Å². The van der Waals surface area contributed by atoms with Crippen molar-refractivity contribution in [3.05, 3.63) is 23.8 Å². The van der Waals surface area contributed by atoms with E-state index in [1.165, 1.54) is 0 Å². The van der Waals surface area contributed by atoms with Crippen LogP contribution in [-0.2, 0) is 6.54 Å². The lowest BCUT2D eigenvalue weighted by Gasteiger charge is -2.24.